The molecule has 0 amide bonds. The van der Waals surface area contributed by atoms with Crippen molar-refractivity contribution in [3.8, 4) is 17.0 Å². The second-order valence-electron chi connectivity index (χ2n) is 3.98. The molecular weight excluding hydrogens is 266 g/mol. The smallest absolute Gasteiger partial charge is 0.147 e. The molecule has 82 valence electrons. The summed E-state index contributed by atoms with van der Waals surface area (Å²) in [7, 11) is 0. The van der Waals surface area contributed by atoms with Crippen molar-refractivity contribution in [3.63, 3.8) is 0 Å². The van der Waals surface area contributed by atoms with Gasteiger partial charge in [0, 0.05) is 21.8 Å². The lowest BCUT2D eigenvalue weighted by molar-refractivity contribution is 0.291. The summed E-state index contributed by atoms with van der Waals surface area (Å²) >= 11 is 3.44. The van der Waals surface area contributed by atoms with Crippen molar-refractivity contribution in [3.05, 3.63) is 40.5 Å². The van der Waals surface area contributed by atoms with Gasteiger partial charge in [0.2, 0.25) is 0 Å². The van der Waals surface area contributed by atoms with Crippen LogP contribution in [0.5, 0.6) is 5.75 Å². The van der Waals surface area contributed by atoms with Crippen molar-refractivity contribution in [2.75, 3.05) is 6.61 Å². The summed E-state index contributed by atoms with van der Waals surface area (Å²) in [6, 6.07) is 8.28. The van der Waals surface area contributed by atoms with Crippen LogP contribution in [-0.4, -0.2) is 11.6 Å². The number of halogens is 1. The van der Waals surface area contributed by atoms with Gasteiger partial charge in [0.05, 0.1) is 12.3 Å². The summed E-state index contributed by atoms with van der Waals surface area (Å²) in [5, 5.41) is 0. The van der Waals surface area contributed by atoms with E-state index in [9.17, 15) is 0 Å². The molecule has 0 saturated heterocycles. The van der Waals surface area contributed by atoms with Crippen molar-refractivity contribution in [1.82, 2.24) is 4.98 Å². The van der Waals surface area contributed by atoms with E-state index in [1.165, 1.54) is 11.1 Å². The molecule has 16 heavy (non-hydrogen) atoms. The van der Waals surface area contributed by atoms with E-state index in [2.05, 4.69) is 39.2 Å². The Kier molecular flexibility index (Phi) is 2.48. The zero-order chi connectivity index (χ0) is 11.0. The molecular formula is C13H12BrNO. The molecule has 0 saturated carbocycles. The Labute approximate surface area is 103 Å². The summed E-state index contributed by atoms with van der Waals surface area (Å²) in [5.41, 5.74) is 3.57. The lowest BCUT2D eigenvalue weighted by atomic mass is 10.1. The second-order valence-corrected chi connectivity index (χ2v) is 4.89. The Morgan fingerprint density at radius 1 is 1.19 bits per heavy atom. The zero-order valence-corrected chi connectivity index (χ0v) is 10.4. The van der Waals surface area contributed by atoms with Crippen LogP contribution in [-0.2, 0) is 6.42 Å². The topological polar surface area (TPSA) is 25.0 Å². The molecule has 2 nitrogen and oxygen atoms in total. The molecule has 0 spiro atoms. The Hall–Kier alpha value is -1.22. The van der Waals surface area contributed by atoms with Gasteiger partial charge in [-0.25, -0.2) is 0 Å². The van der Waals surface area contributed by atoms with Gasteiger partial charge in [-0.05, 0) is 25.0 Å². The van der Waals surface area contributed by atoms with Crippen LogP contribution in [0.15, 0.2) is 34.9 Å². The van der Waals surface area contributed by atoms with Gasteiger partial charge in [-0.15, -0.1) is 0 Å². The average molecular weight is 278 g/mol. The number of aryl methyl sites for hydroxylation is 1. The van der Waals surface area contributed by atoms with Crippen LogP contribution >= 0.6 is 15.9 Å². The lowest BCUT2D eigenvalue weighted by Gasteiger charge is -2.14. The van der Waals surface area contributed by atoms with Crippen molar-refractivity contribution < 1.29 is 4.74 Å². The fourth-order valence-corrected chi connectivity index (χ4v) is 2.33. The molecule has 0 radical (unpaired) electrons. The molecule has 2 heterocycles. The van der Waals surface area contributed by atoms with E-state index in [-0.39, 0.29) is 0 Å². The lowest BCUT2D eigenvalue weighted by Crippen LogP contribution is -2.06. The highest BCUT2D eigenvalue weighted by Crippen LogP contribution is 2.35. The predicted octanol–water partition coefficient (Wildman–Crippen LogP) is 3.77. The minimum absolute atomic E-state index is 0.828. The van der Waals surface area contributed by atoms with Gasteiger partial charge in [-0.1, -0.05) is 28.1 Å². The Morgan fingerprint density at radius 3 is 2.81 bits per heavy atom. The second kappa shape index (κ2) is 3.98. The summed E-state index contributed by atoms with van der Waals surface area (Å²) in [5.74, 6) is 1.04. The third kappa shape index (κ3) is 1.65. The highest BCUT2D eigenvalue weighted by Gasteiger charge is 2.17. The number of benzene rings is 1. The Bertz CT molecular complexity index is 501. The van der Waals surface area contributed by atoms with Gasteiger partial charge in [-0.3, -0.25) is 0 Å². The Balaban J connectivity index is 2.06. The van der Waals surface area contributed by atoms with E-state index in [1.54, 1.807) is 0 Å². The SMILES string of the molecule is Brc1ccc(-c2[nH]cc3c2OCCC3)cc1. The number of aromatic nitrogens is 1. The van der Waals surface area contributed by atoms with Crippen LogP contribution in [0.3, 0.4) is 0 Å². The quantitative estimate of drug-likeness (QED) is 0.844. The van der Waals surface area contributed by atoms with E-state index in [0.717, 1.165) is 35.4 Å². The maximum Gasteiger partial charge on any atom is 0.147 e. The van der Waals surface area contributed by atoms with Gasteiger partial charge in [0.25, 0.3) is 0 Å². The van der Waals surface area contributed by atoms with E-state index in [1.807, 2.05) is 12.1 Å². The van der Waals surface area contributed by atoms with Crippen LogP contribution in [0, 0.1) is 0 Å². The third-order valence-corrected chi connectivity index (χ3v) is 3.41. The van der Waals surface area contributed by atoms with Crippen LogP contribution < -0.4 is 4.74 Å². The normalized spacial score (nSPS) is 14.3. The standard InChI is InChI=1S/C13H12BrNO/c14-11-5-3-9(4-6-11)12-13-10(8-15-12)2-1-7-16-13/h3-6,8,15H,1-2,7H2. The summed E-state index contributed by atoms with van der Waals surface area (Å²) < 4.78 is 6.83. The minimum Gasteiger partial charge on any atom is -0.491 e. The molecule has 0 unspecified atom stereocenters. The van der Waals surface area contributed by atoms with E-state index in [0.29, 0.717) is 0 Å². The van der Waals surface area contributed by atoms with Gasteiger partial charge in [0.15, 0.2) is 0 Å². The fraction of sp³-hybridized carbons (Fsp3) is 0.231. The van der Waals surface area contributed by atoms with Crippen LogP contribution in [0.4, 0.5) is 0 Å². The minimum atomic E-state index is 0.828. The molecule has 3 rings (SSSR count). The first-order valence-corrected chi connectivity index (χ1v) is 6.23. The number of rotatable bonds is 1. The number of ether oxygens (including phenoxy) is 1. The van der Waals surface area contributed by atoms with Crippen LogP contribution in [0.25, 0.3) is 11.3 Å². The van der Waals surface area contributed by atoms with Crippen molar-refractivity contribution in [2.45, 2.75) is 12.8 Å². The van der Waals surface area contributed by atoms with E-state index in [4.69, 9.17) is 4.74 Å². The van der Waals surface area contributed by atoms with Gasteiger partial charge < -0.3 is 9.72 Å². The molecule has 2 aromatic rings. The molecule has 1 aliphatic heterocycles. The monoisotopic (exact) mass is 277 g/mol. The maximum absolute atomic E-state index is 5.74. The van der Waals surface area contributed by atoms with Crippen LogP contribution in [0.2, 0.25) is 0 Å². The predicted molar refractivity (Wildman–Crippen MR) is 67.7 cm³/mol. The fourth-order valence-electron chi connectivity index (χ4n) is 2.07. The third-order valence-electron chi connectivity index (χ3n) is 2.88. The number of aromatic amines is 1. The number of H-pyrrole nitrogens is 1. The Morgan fingerprint density at radius 2 is 2.00 bits per heavy atom. The first-order valence-electron chi connectivity index (χ1n) is 5.43. The first-order chi connectivity index (χ1) is 7.84. The van der Waals surface area contributed by atoms with E-state index < -0.39 is 0 Å². The molecule has 0 aliphatic carbocycles. The van der Waals surface area contributed by atoms with Crippen molar-refractivity contribution >= 4 is 15.9 Å². The maximum atomic E-state index is 5.74. The number of fused-ring (bicyclic) bond motifs is 1. The molecule has 1 aromatic heterocycles. The average Bonchev–Trinajstić information content (AvgIpc) is 2.74. The van der Waals surface area contributed by atoms with Gasteiger partial charge >= 0.3 is 0 Å². The summed E-state index contributed by atoms with van der Waals surface area (Å²) in [6.45, 7) is 0.828. The molecule has 1 N–H and O–H groups in total. The van der Waals surface area contributed by atoms with E-state index >= 15 is 0 Å². The molecule has 0 bridgehead atoms. The summed E-state index contributed by atoms with van der Waals surface area (Å²) in [4.78, 5) is 3.31. The summed E-state index contributed by atoms with van der Waals surface area (Å²) in [6.07, 6.45) is 4.29. The van der Waals surface area contributed by atoms with Crippen molar-refractivity contribution in [1.29, 1.82) is 0 Å². The highest BCUT2D eigenvalue weighted by molar-refractivity contribution is 9.10. The molecule has 1 aliphatic rings. The van der Waals surface area contributed by atoms with Gasteiger partial charge in [-0.2, -0.15) is 0 Å². The number of hydrogen-bond acceptors (Lipinski definition) is 1. The zero-order valence-electron chi connectivity index (χ0n) is 8.79. The molecule has 1 aromatic carbocycles. The number of nitrogens with one attached hydrogen (secondary N) is 1. The van der Waals surface area contributed by atoms with Crippen LogP contribution in [0.1, 0.15) is 12.0 Å². The first kappa shape index (κ1) is 9.97. The van der Waals surface area contributed by atoms with Crippen molar-refractivity contribution in [2.24, 2.45) is 0 Å². The van der Waals surface area contributed by atoms with Gasteiger partial charge in [0.1, 0.15) is 5.75 Å². The number of hydrogen-bond donors (Lipinski definition) is 1. The highest BCUT2D eigenvalue weighted by atomic mass is 79.9. The largest absolute Gasteiger partial charge is 0.491 e. The molecule has 3 heteroatoms. The molecule has 0 fully saturated rings. The molecule has 0 atom stereocenters.